The molecule has 2 aliphatic rings. The molecule has 0 saturated carbocycles. The molecule has 4 heterocycles. The zero-order valence-electron chi connectivity index (χ0n) is 13.9. The van der Waals surface area contributed by atoms with Gasteiger partial charge in [-0.2, -0.15) is 0 Å². The molecule has 126 valence electrons. The average molecular weight is 325 g/mol. The van der Waals surface area contributed by atoms with Gasteiger partial charge in [-0.1, -0.05) is 0 Å². The Morgan fingerprint density at radius 1 is 1.08 bits per heavy atom. The Morgan fingerprint density at radius 2 is 1.96 bits per heavy atom. The van der Waals surface area contributed by atoms with Gasteiger partial charge in [-0.05, 0) is 49.6 Å². The van der Waals surface area contributed by atoms with Crippen LogP contribution in [0.3, 0.4) is 0 Å². The molecule has 2 aromatic rings. The lowest BCUT2D eigenvalue weighted by molar-refractivity contribution is -0.139. The first-order chi connectivity index (χ1) is 11.8. The number of piperidine rings is 1. The van der Waals surface area contributed by atoms with E-state index in [1.165, 1.54) is 5.56 Å². The van der Waals surface area contributed by atoms with Crippen LogP contribution in [0.15, 0.2) is 47.5 Å². The molecule has 0 aromatic carbocycles. The maximum absolute atomic E-state index is 13.1. The molecule has 0 unspecified atom stereocenters. The minimum absolute atomic E-state index is 0.185. The van der Waals surface area contributed by atoms with Crippen molar-refractivity contribution in [3.05, 3.63) is 54.2 Å². The molecule has 1 spiro atoms. The Balaban J connectivity index is 1.44. The van der Waals surface area contributed by atoms with Crippen molar-refractivity contribution in [3.8, 4) is 0 Å². The predicted octanol–water partition coefficient (Wildman–Crippen LogP) is 2.69. The smallest absolute Gasteiger partial charge is 0.230 e. The Morgan fingerprint density at radius 3 is 2.75 bits per heavy atom. The Bertz CT molecular complexity index is 686. The van der Waals surface area contributed by atoms with Crippen molar-refractivity contribution >= 4 is 5.91 Å². The van der Waals surface area contributed by atoms with Crippen LogP contribution in [0.1, 0.15) is 30.4 Å². The third-order valence-electron chi connectivity index (χ3n) is 5.37. The van der Waals surface area contributed by atoms with E-state index in [0.29, 0.717) is 12.5 Å². The van der Waals surface area contributed by atoms with Crippen molar-refractivity contribution in [1.82, 2.24) is 14.8 Å². The second-order valence-corrected chi connectivity index (χ2v) is 7.06. The number of likely N-dealkylation sites (tertiary alicyclic amines) is 2. The number of hydrogen-bond acceptors (Lipinski definition) is 4. The van der Waals surface area contributed by atoms with E-state index < -0.39 is 0 Å². The highest BCUT2D eigenvalue weighted by Gasteiger charge is 2.48. The highest BCUT2D eigenvalue weighted by molar-refractivity contribution is 5.85. The second kappa shape index (κ2) is 6.40. The van der Waals surface area contributed by atoms with Gasteiger partial charge in [-0.15, -0.1) is 0 Å². The molecule has 1 amide bonds. The van der Waals surface area contributed by atoms with E-state index in [4.69, 9.17) is 4.42 Å². The Hall–Kier alpha value is -2.14. The van der Waals surface area contributed by atoms with Crippen molar-refractivity contribution in [1.29, 1.82) is 0 Å². The zero-order valence-corrected chi connectivity index (χ0v) is 13.9. The molecular formula is C19H23N3O2. The lowest BCUT2D eigenvalue weighted by atomic mass is 9.78. The van der Waals surface area contributed by atoms with Gasteiger partial charge in [0.15, 0.2) is 0 Å². The van der Waals surface area contributed by atoms with Gasteiger partial charge in [0.1, 0.15) is 0 Å². The van der Waals surface area contributed by atoms with Gasteiger partial charge < -0.3 is 9.32 Å². The molecule has 0 aliphatic carbocycles. The standard InChI is InChI=1S/C19H23N3O2/c23-18-19(6-10-22(18)13-16-2-7-20-8-3-16)5-1-9-21(15-19)12-17-4-11-24-14-17/h2-4,7-8,11,14H,1,5-6,9-10,12-13,15H2/t19-/m0/s1. The summed E-state index contributed by atoms with van der Waals surface area (Å²) in [5.74, 6) is 0.330. The van der Waals surface area contributed by atoms with Crippen LogP contribution >= 0.6 is 0 Å². The van der Waals surface area contributed by atoms with Crippen LogP contribution in [0.5, 0.6) is 0 Å². The fraction of sp³-hybridized carbons (Fsp3) is 0.474. The molecule has 2 fully saturated rings. The van der Waals surface area contributed by atoms with Crippen molar-refractivity contribution in [2.24, 2.45) is 5.41 Å². The number of carbonyl (C=O) groups excluding carboxylic acids is 1. The molecule has 2 saturated heterocycles. The third-order valence-corrected chi connectivity index (χ3v) is 5.37. The summed E-state index contributed by atoms with van der Waals surface area (Å²) in [4.78, 5) is 21.6. The molecular weight excluding hydrogens is 302 g/mol. The van der Waals surface area contributed by atoms with E-state index in [0.717, 1.165) is 51.0 Å². The van der Waals surface area contributed by atoms with Gasteiger partial charge in [0.2, 0.25) is 5.91 Å². The van der Waals surface area contributed by atoms with E-state index >= 15 is 0 Å². The molecule has 5 nitrogen and oxygen atoms in total. The van der Waals surface area contributed by atoms with E-state index in [1.807, 2.05) is 23.1 Å². The summed E-state index contributed by atoms with van der Waals surface area (Å²) < 4.78 is 5.17. The maximum atomic E-state index is 13.1. The van der Waals surface area contributed by atoms with Gasteiger partial charge in [0.05, 0.1) is 17.9 Å². The summed E-state index contributed by atoms with van der Waals surface area (Å²) in [5, 5.41) is 0. The van der Waals surface area contributed by atoms with E-state index in [2.05, 4.69) is 9.88 Å². The third kappa shape index (κ3) is 2.96. The van der Waals surface area contributed by atoms with Crippen molar-refractivity contribution in [2.75, 3.05) is 19.6 Å². The summed E-state index contributed by atoms with van der Waals surface area (Å²) in [6.45, 7) is 4.36. The van der Waals surface area contributed by atoms with Crippen LogP contribution in [0.2, 0.25) is 0 Å². The Labute approximate surface area is 142 Å². The minimum Gasteiger partial charge on any atom is -0.472 e. The quantitative estimate of drug-likeness (QED) is 0.867. The maximum Gasteiger partial charge on any atom is 0.230 e. The normalized spacial score (nSPS) is 24.8. The number of hydrogen-bond donors (Lipinski definition) is 0. The van der Waals surface area contributed by atoms with Gasteiger partial charge in [-0.25, -0.2) is 0 Å². The lowest BCUT2D eigenvalue weighted by Crippen LogP contribution is -2.47. The number of carbonyl (C=O) groups is 1. The van der Waals surface area contributed by atoms with Crippen LogP contribution < -0.4 is 0 Å². The fourth-order valence-corrected chi connectivity index (χ4v) is 4.13. The summed E-state index contributed by atoms with van der Waals surface area (Å²) in [7, 11) is 0. The molecule has 1 atom stereocenters. The molecule has 4 rings (SSSR count). The summed E-state index contributed by atoms with van der Waals surface area (Å²) >= 11 is 0. The van der Waals surface area contributed by atoms with E-state index in [1.54, 1.807) is 24.9 Å². The summed E-state index contributed by atoms with van der Waals surface area (Å²) in [6.07, 6.45) is 10.2. The second-order valence-electron chi connectivity index (χ2n) is 7.06. The lowest BCUT2D eigenvalue weighted by Gasteiger charge is -2.39. The number of amides is 1. The van der Waals surface area contributed by atoms with Gasteiger partial charge >= 0.3 is 0 Å². The highest BCUT2D eigenvalue weighted by atomic mass is 16.3. The highest BCUT2D eigenvalue weighted by Crippen LogP contribution is 2.41. The zero-order chi connectivity index (χ0) is 16.4. The van der Waals surface area contributed by atoms with Gasteiger partial charge in [0.25, 0.3) is 0 Å². The molecule has 0 radical (unpaired) electrons. The first-order valence-electron chi connectivity index (χ1n) is 8.67. The van der Waals surface area contributed by atoms with Crippen LogP contribution in [0, 0.1) is 5.41 Å². The monoisotopic (exact) mass is 325 g/mol. The van der Waals surface area contributed by atoms with Crippen LogP contribution in [-0.4, -0.2) is 40.3 Å². The molecule has 0 bridgehead atoms. The molecule has 24 heavy (non-hydrogen) atoms. The van der Waals surface area contributed by atoms with Gasteiger partial charge in [0, 0.05) is 44.1 Å². The predicted molar refractivity (Wildman–Crippen MR) is 89.9 cm³/mol. The van der Waals surface area contributed by atoms with Gasteiger partial charge in [-0.3, -0.25) is 14.7 Å². The van der Waals surface area contributed by atoms with E-state index in [-0.39, 0.29) is 5.41 Å². The largest absolute Gasteiger partial charge is 0.472 e. The number of rotatable bonds is 4. The SMILES string of the molecule is O=C1N(Cc2ccncc2)CC[C@]12CCCN(Cc1ccoc1)C2. The van der Waals surface area contributed by atoms with Crippen molar-refractivity contribution in [3.63, 3.8) is 0 Å². The molecule has 5 heteroatoms. The Kier molecular flexibility index (Phi) is 4.10. The number of nitrogens with zero attached hydrogens (tertiary/aromatic N) is 3. The summed E-state index contributed by atoms with van der Waals surface area (Å²) in [5.41, 5.74) is 2.15. The van der Waals surface area contributed by atoms with Crippen molar-refractivity contribution in [2.45, 2.75) is 32.4 Å². The minimum atomic E-state index is -0.185. The van der Waals surface area contributed by atoms with Crippen LogP contribution in [0.25, 0.3) is 0 Å². The van der Waals surface area contributed by atoms with Crippen LogP contribution in [0.4, 0.5) is 0 Å². The molecule has 2 aliphatic heterocycles. The topological polar surface area (TPSA) is 49.6 Å². The first kappa shape index (κ1) is 15.4. The number of pyridine rings is 1. The average Bonchev–Trinajstić information content (AvgIpc) is 3.21. The fourth-order valence-electron chi connectivity index (χ4n) is 4.13. The van der Waals surface area contributed by atoms with E-state index in [9.17, 15) is 4.79 Å². The van der Waals surface area contributed by atoms with Crippen LogP contribution in [-0.2, 0) is 17.9 Å². The molecule has 0 N–H and O–H groups in total. The molecule has 2 aromatic heterocycles. The number of furan rings is 1. The number of aromatic nitrogens is 1. The summed E-state index contributed by atoms with van der Waals surface area (Å²) in [6, 6.07) is 5.99. The first-order valence-corrected chi connectivity index (χ1v) is 8.67. The van der Waals surface area contributed by atoms with Crippen molar-refractivity contribution < 1.29 is 9.21 Å².